The molecule has 0 fully saturated rings. The van der Waals surface area contributed by atoms with Crippen molar-refractivity contribution in [2.45, 2.75) is 26.7 Å². The second-order valence-electron chi connectivity index (χ2n) is 2.92. The van der Waals surface area contributed by atoms with Crippen LogP contribution in [-0.2, 0) is 0 Å². The Balaban J connectivity index is 3.58. The van der Waals surface area contributed by atoms with E-state index in [1.807, 2.05) is 0 Å². The van der Waals surface area contributed by atoms with Crippen LogP contribution >= 0.6 is 12.6 Å². The number of rotatable bonds is 3. The summed E-state index contributed by atoms with van der Waals surface area (Å²) in [6.45, 7) is 3.57. The molecule has 3 heteroatoms. The van der Waals surface area contributed by atoms with Gasteiger partial charge in [-0.15, -0.1) is 0 Å². The number of hydrogen-bond acceptors (Lipinski definition) is 1. The molecular formula is C6H12F2S. The summed E-state index contributed by atoms with van der Waals surface area (Å²) in [4.78, 5) is 0. The second-order valence-corrected chi connectivity index (χ2v) is 3.23. The van der Waals surface area contributed by atoms with Crippen molar-refractivity contribution in [3.05, 3.63) is 0 Å². The summed E-state index contributed by atoms with van der Waals surface area (Å²) in [5.74, 6) is 0.511. The lowest BCUT2D eigenvalue weighted by Crippen LogP contribution is -2.17. The van der Waals surface area contributed by atoms with Gasteiger partial charge in [-0.25, -0.2) is 8.78 Å². The highest BCUT2D eigenvalue weighted by Crippen LogP contribution is 2.25. The van der Waals surface area contributed by atoms with E-state index < -0.39 is 6.43 Å². The Kier molecular flexibility index (Phi) is 3.48. The van der Waals surface area contributed by atoms with Crippen molar-refractivity contribution in [1.29, 1.82) is 0 Å². The standard InChI is InChI=1S/C6H12F2S/c1-6(2,4-9)3-5(7)8/h5,9H,3-4H2,1-2H3. The summed E-state index contributed by atoms with van der Waals surface area (Å²) in [7, 11) is 0. The van der Waals surface area contributed by atoms with Crippen molar-refractivity contribution in [3.63, 3.8) is 0 Å². The first-order chi connectivity index (χ1) is 3.98. The van der Waals surface area contributed by atoms with Gasteiger partial charge in [0, 0.05) is 6.42 Å². The van der Waals surface area contributed by atoms with Gasteiger partial charge >= 0.3 is 0 Å². The lowest BCUT2D eigenvalue weighted by molar-refractivity contribution is 0.0962. The van der Waals surface area contributed by atoms with Crippen LogP contribution in [0.1, 0.15) is 20.3 Å². The highest BCUT2D eigenvalue weighted by Gasteiger charge is 2.20. The summed E-state index contributed by atoms with van der Waals surface area (Å²) in [5, 5.41) is 0. The molecule has 0 amide bonds. The molecule has 0 saturated carbocycles. The van der Waals surface area contributed by atoms with Gasteiger partial charge in [0.25, 0.3) is 0 Å². The molecule has 0 aliphatic rings. The molecule has 0 spiro atoms. The van der Waals surface area contributed by atoms with E-state index in [2.05, 4.69) is 12.6 Å². The van der Waals surface area contributed by atoms with E-state index in [1.54, 1.807) is 13.8 Å². The zero-order valence-electron chi connectivity index (χ0n) is 5.69. The van der Waals surface area contributed by atoms with Crippen molar-refractivity contribution in [3.8, 4) is 0 Å². The molecule has 0 aromatic rings. The van der Waals surface area contributed by atoms with Gasteiger partial charge in [0.05, 0.1) is 0 Å². The van der Waals surface area contributed by atoms with Crippen LogP contribution in [0.2, 0.25) is 0 Å². The number of alkyl halides is 2. The molecule has 56 valence electrons. The molecule has 0 atom stereocenters. The minimum absolute atomic E-state index is 0.0590. The Hall–Kier alpha value is 0.210. The minimum Gasteiger partial charge on any atom is -0.211 e. The molecule has 0 nitrogen and oxygen atoms in total. The predicted octanol–water partition coefficient (Wildman–Crippen LogP) is 2.60. The lowest BCUT2D eigenvalue weighted by atomic mass is 9.92. The van der Waals surface area contributed by atoms with Crippen LogP contribution in [0.3, 0.4) is 0 Å². The third-order valence-electron chi connectivity index (χ3n) is 1.13. The minimum atomic E-state index is -2.20. The summed E-state index contributed by atoms with van der Waals surface area (Å²) in [6.07, 6.45) is -2.26. The molecule has 9 heavy (non-hydrogen) atoms. The zero-order chi connectivity index (χ0) is 7.49. The molecule has 0 aliphatic heterocycles. The summed E-state index contributed by atoms with van der Waals surface area (Å²) in [6, 6.07) is 0. The van der Waals surface area contributed by atoms with Crippen LogP contribution in [0.4, 0.5) is 8.78 Å². The van der Waals surface area contributed by atoms with Crippen LogP contribution < -0.4 is 0 Å². The smallest absolute Gasteiger partial charge is 0.211 e. The van der Waals surface area contributed by atoms with E-state index >= 15 is 0 Å². The van der Waals surface area contributed by atoms with Gasteiger partial charge in [0.2, 0.25) is 6.43 Å². The molecule has 0 saturated heterocycles. The van der Waals surface area contributed by atoms with Gasteiger partial charge in [-0.05, 0) is 11.2 Å². The van der Waals surface area contributed by atoms with Crippen LogP contribution in [0.5, 0.6) is 0 Å². The summed E-state index contributed by atoms with van der Waals surface area (Å²) in [5.41, 5.74) is -0.322. The Morgan fingerprint density at radius 3 is 2.00 bits per heavy atom. The van der Waals surface area contributed by atoms with Crippen molar-refractivity contribution >= 4 is 12.6 Å². The van der Waals surface area contributed by atoms with Crippen molar-refractivity contribution in [1.82, 2.24) is 0 Å². The van der Waals surface area contributed by atoms with Gasteiger partial charge in [0.15, 0.2) is 0 Å². The van der Waals surface area contributed by atoms with Gasteiger partial charge in [-0.3, -0.25) is 0 Å². The predicted molar refractivity (Wildman–Crippen MR) is 38.3 cm³/mol. The average Bonchev–Trinajstić information content (AvgIpc) is 1.63. The molecule has 0 aromatic heterocycles. The first kappa shape index (κ1) is 9.21. The van der Waals surface area contributed by atoms with Crippen molar-refractivity contribution < 1.29 is 8.78 Å². The van der Waals surface area contributed by atoms with Crippen molar-refractivity contribution in [2.24, 2.45) is 5.41 Å². The van der Waals surface area contributed by atoms with Crippen molar-refractivity contribution in [2.75, 3.05) is 5.75 Å². The fraction of sp³-hybridized carbons (Fsp3) is 1.00. The van der Waals surface area contributed by atoms with Gasteiger partial charge in [-0.1, -0.05) is 13.8 Å². The molecule has 0 bridgehead atoms. The zero-order valence-corrected chi connectivity index (χ0v) is 6.59. The molecule has 0 heterocycles. The molecule has 0 aromatic carbocycles. The highest BCUT2D eigenvalue weighted by molar-refractivity contribution is 7.80. The third-order valence-corrected chi connectivity index (χ3v) is 1.99. The van der Waals surface area contributed by atoms with Crippen LogP contribution in [0.15, 0.2) is 0 Å². The first-order valence-electron chi connectivity index (χ1n) is 2.87. The fourth-order valence-corrected chi connectivity index (χ4v) is 0.611. The maximum absolute atomic E-state index is 11.7. The van der Waals surface area contributed by atoms with E-state index in [0.29, 0.717) is 5.75 Å². The van der Waals surface area contributed by atoms with Crippen LogP contribution in [-0.4, -0.2) is 12.2 Å². The normalized spacial score (nSPS) is 12.7. The largest absolute Gasteiger partial charge is 0.239 e. The molecule has 0 aliphatic carbocycles. The van der Waals surface area contributed by atoms with E-state index in [0.717, 1.165) is 0 Å². The quantitative estimate of drug-likeness (QED) is 0.593. The van der Waals surface area contributed by atoms with Crippen LogP contribution in [0, 0.1) is 5.41 Å². The molecule has 0 unspecified atom stereocenters. The van der Waals surface area contributed by atoms with E-state index in [4.69, 9.17) is 0 Å². The maximum atomic E-state index is 11.7. The highest BCUT2D eigenvalue weighted by atomic mass is 32.1. The van der Waals surface area contributed by atoms with Gasteiger partial charge in [0.1, 0.15) is 0 Å². The van der Waals surface area contributed by atoms with Gasteiger partial charge in [-0.2, -0.15) is 12.6 Å². The number of thiol groups is 1. The SMILES string of the molecule is CC(C)(CS)CC(F)F. The van der Waals surface area contributed by atoms with E-state index in [1.165, 1.54) is 0 Å². The second kappa shape index (κ2) is 3.40. The molecule has 0 N–H and O–H groups in total. The molecular weight excluding hydrogens is 142 g/mol. The van der Waals surface area contributed by atoms with Gasteiger partial charge < -0.3 is 0 Å². The van der Waals surface area contributed by atoms with E-state index in [9.17, 15) is 8.78 Å². The monoisotopic (exact) mass is 154 g/mol. The number of halogens is 2. The topological polar surface area (TPSA) is 0 Å². The van der Waals surface area contributed by atoms with Crippen LogP contribution in [0.25, 0.3) is 0 Å². The maximum Gasteiger partial charge on any atom is 0.239 e. The molecule has 0 radical (unpaired) electrons. The molecule has 0 rings (SSSR count). The Labute approximate surface area is 60.1 Å². The Morgan fingerprint density at radius 1 is 1.44 bits per heavy atom. The average molecular weight is 154 g/mol. The first-order valence-corrected chi connectivity index (χ1v) is 3.50. The Bertz CT molecular complexity index is 81.1. The van der Waals surface area contributed by atoms with E-state index in [-0.39, 0.29) is 11.8 Å². The number of hydrogen-bond donors (Lipinski definition) is 1. The third kappa shape index (κ3) is 4.70. The fourth-order valence-electron chi connectivity index (χ4n) is 0.482. The lowest BCUT2D eigenvalue weighted by Gasteiger charge is -2.20. The Morgan fingerprint density at radius 2 is 1.89 bits per heavy atom. The summed E-state index contributed by atoms with van der Waals surface area (Å²) < 4.78 is 23.4. The summed E-state index contributed by atoms with van der Waals surface area (Å²) >= 11 is 3.94.